The number of ether oxygens (including phenoxy) is 1. The topological polar surface area (TPSA) is 38.5 Å². The van der Waals surface area contributed by atoms with Gasteiger partial charge in [-0.15, -0.1) is 0 Å². The van der Waals surface area contributed by atoms with Crippen LogP contribution in [-0.2, 0) is 5.54 Å². The van der Waals surface area contributed by atoms with E-state index in [0.717, 1.165) is 5.75 Å². The van der Waals surface area contributed by atoms with E-state index in [1.54, 1.807) is 7.11 Å². The van der Waals surface area contributed by atoms with Crippen molar-refractivity contribution in [3.05, 3.63) is 29.8 Å². The van der Waals surface area contributed by atoms with Crippen molar-refractivity contribution in [3.8, 4) is 5.75 Å². The summed E-state index contributed by atoms with van der Waals surface area (Å²) in [5.41, 5.74) is 7.82. The maximum Gasteiger partial charge on any atom is 0.118 e. The highest BCUT2D eigenvalue weighted by Crippen LogP contribution is 2.35. The van der Waals surface area contributed by atoms with Crippen molar-refractivity contribution >= 4 is 0 Å². The van der Waals surface area contributed by atoms with Crippen molar-refractivity contribution in [2.75, 3.05) is 20.2 Å². The smallest absolute Gasteiger partial charge is 0.118 e. The van der Waals surface area contributed by atoms with Crippen LogP contribution in [-0.4, -0.2) is 31.1 Å². The summed E-state index contributed by atoms with van der Waals surface area (Å²) in [5.74, 6) is 1.26. The lowest BCUT2D eigenvalue weighted by molar-refractivity contribution is 0.0823. The summed E-state index contributed by atoms with van der Waals surface area (Å²) < 4.78 is 5.27. The first kappa shape index (κ1) is 16.3. The van der Waals surface area contributed by atoms with Crippen LogP contribution in [0.5, 0.6) is 5.75 Å². The highest BCUT2D eigenvalue weighted by molar-refractivity contribution is 5.33. The SMILES string of the molecule is COc1ccc(C(N)(C(C)C)C(C)N2CCCCC2)cc1. The van der Waals surface area contributed by atoms with Gasteiger partial charge in [-0.3, -0.25) is 4.90 Å². The van der Waals surface area contributed by atoms with Crippen LogP contribution in [0, 0.1) is 5.92 Å². The standard InChI is InChI=1S/C18H30N2O/c1-14(2)18(19,15(3)20-12-6-5-7-13-20)16-8-10-17(21-4)11-9-16/h8-11,14-15H,5-7,12-13,19H2,1-4H3. The van der Waals surface area contributed by atoms with E-state index in [0.29, 0.717) is 12.0 Å². The van der Waals surface area contributed by atoms with Crippen LogP contribution in [0.3, 0.4) is 0 Å². The fourth-order valence-electron chi connectivity index (χ4n) is 3.54. The number of likely N-dealkylation sites (tertiary alicyclic amines) is 1. The number of methoxy groups -OCH3 is 1. The van der Waals surface area contributed by atoms with E-state index in [2.05, 4.69) is 37.8 Å². The van der Waals surface area contributed by atoms with Gasteiger partial charge >= 0.3 is 0 Å². The van der Waals surface area contributed by atoms with Crippen LogP contribution in [0.2, 0.25) is 0 Å². The Morgan fingerprint density at radius 1 is 1.05 bits per heavy atom. The Balaban J connectivity index is 2.29. The van der Waals surface area contributed by atoms with Gasteiger partial charge in [0.15, 0.2) is 0 Å². The van der Waals surface area contributed by atoms with Crippen molar-refractivity contribution in [1.82, 2.24) is 4.90 Å². The molecule has 2 N–H and O–H groups in total. The van der Waals surface area contributed by atoms with Gasteiger partial charge in [-0.1, -0.05) is 32.4 Å². The van der Waals surface area contributed by atoms with Gasteiger partial charge in [-0.25, -0.2) is 0 Å². The van der Waals surface area contributed by atoms with Gasteiger partial charge in [-0.2, -0.15) is 0 Å². The van der Waals surface area contributed by atoms with Crippen LogP contribution in [0.25, 0.3) is 0 Å². The van der Waals surface area contributed by atoms with Crippen LogP contribution in [0.15, 0.2) is 24.3 Å². The first-order chi connectivity index (χ1) is 10.00. The molecule has 0 bridgehead atoms. The fraction of sp³-hybridized carbons (Fsp3) is 0.667. The number of benzene rings is 1. The quantitative estimate of drug-likeness (QED) is 0.903. The molecule has 3 heteroatoms. The average molecular weight is 290 g/mol. The zero-order valence-electron chi connectivity index (χ0n) is 13.9. The molecule has 1 fully saturated rings. The predicted molar refractivity (Wildman–Crippen MR) is 88.6 cm³/mol. The summed E-state index contributed by atoms with van der Waals surface area (Å²) in [4.78, 5) is 2.56. The van der Waals surface area contributed by atoms with Crippen molar-refractivity contribution in [2.45, 2.75) is 51.6 Å². The highest BCUT2D eigenvalue weighted by Gasteiger charge is 2.40. The molecule has 2 atom stereocenters. The second kappa shape index (κ2) is 6.80. The largest absolute Gasteiger partial charge is 0.497 e. The number of nitrogens with zero attached hydrogens (tertiary/aromatic N) is 1. The summed E-state index contributed by atoms with van der Waals surface area (Å²) in [5, 5.41) is 0. The molecule has 3 nitrogen and oxygen atoms in total. The van der Waals surface area contributed by atoms with Crippen LogP contribution < -0.4 is 10.5 Å². The number of rotatable bonds is 5. The minimum absolute atomic E-state index is 0.330. The lowest BCUT2D eigenvalue weighted by Gasteiger charge is -2.46. The normalized spacial score (nSPS) is 21.0. The molecule has 2 unspecified atom stereocenters. The number of nitrogens with two attached hydrogens (primary N) is 1. The summed E-state index contributed by atoms with van der Waals surface area (Å²) in [6, 6.07) is 8.62. The molecule has 0 aromatic heterocycles. The van der Waals surface area contributed by atoms with Crippen LogP contribution in [0.4, 0.5) is 0 Å². The molecular formula is C18H30N2O. The molecule has 1 aliphatic heterocycles. The highest BCUT2D eigenvalue weighted by atomic mass is 16.5. The minimum atomic E-state index is -0.330. The van der Waals surface area contributed by atoms with E-state index in [-0.39, 0.29) is 5.54 Å². The Bertz CT molecular complexity index is 437. The lowest BCUT2D eigenvalue weighted by atomic mass is 9.74. The Kier molecular flexibility index (Phi) is 5.28. The van der Waals surface area contributed by atoms with Gasteiger partial charge < -0.3 is 10.5 Å². The fourth-order valence-corrected chi connectivity index (χ4v) is 3.54. The van der Waals surface area contributed by atoms with Gasteiger partial charge in [0.05, 0.1) is 12.6 Å². The van der Waals surface area contributed by atoms with E-state index in [9.17, 15) is 0 Å². The molecule has 21 heavy (non-hydrogen) atoms. The van der Waals surface area contributed by atoms with E-state index in [4.69, 9.17) is 10.5 Å². The summed E-state index contributed by atoms with van der Waals surface area (Å²) >= 11 is 0. The first-order valence-electron chi connectivity index (χ1n) is 8.17. The van der Waals surface area contributed by atoms with Crippen LogP contribution in [0.1, 0.15) is 45.6 Å². The second-order valence-corrected chi connectivity index (χ2v) is 6.59. The van der Waals surface area contributed by atoms with Crippen molar-refractivity contribution < 1.29 is 4.74 Å². The maximum atomic E-state index is 6.95. The predicted octanol–water partition coefficient (Wildman–Crippen LogP) is 3.38. The monoisotopic (exact) mass is 290 g/mol. The summed E-state index contributed by atoms with van der Waals surface area (Å²) in [6.45, 7) is 9.08. The van der Waals surface area contributed by atoms with E-state index < -0.39 is 0 Å². The molecule has 0 radical (unpaired) electrons. The third-order valence-corrected chi connectivity index (χ3v) is 5.18. The zero-order valence-corrected chi connectivity index (χ0v) is 13.9. The number of hydrogen-bond acceptors (Lipinski definition) is 3. The molecule has 1 saturated heterocycles. The molecule has 1 aliphatic rings. The van der Waals surface area contributed by atoms with Gasteiger partial charge in [-0.05, 0) is 56.5 Å². The lowest BCUT2D eigenvalue weighted by Crippen LogP contribution is -2.58. The van der Waals surface area contributed by atoms with Gasteiger partial charge in [0.25, 0.3) is 0 Å². The van der Waals surface area contributed by atoms with E-state index >= 15 is 0 Å². The molecule has 1 heterocycles. The number of hydrogen-bond donors (Lipinski definition) is 1. The molecule has 1 aromatic rings. The summed E-state index contributed by atoms with van der Waals surface area (Å²) in [6.07, 6.45) is 3.94. The zero-order chi connectivity index (χ0) is 15.5. The average Bonchev–Trinajstić information content (AvgIpc) is 2.54. The van der Waals surface area contributed by atoms with E-state index in [1.165, 1.54) is 37.9 Å². The maximum absolute atomic E-state index is 6.95. The van der Waals surface area contributed by atoms with E-state index in [1.807, 2.05) is 12.1 Å². The molecule has 0 saturated carbocycles. The second-order valence-electron chi connectivity index (χ2n) is 6.59. The van der Waals surface area contributed by atoms with Gasteiger partial charge in [0.1, 0.15) is 5.75 Å². The minimum Gasteiger partial charge on any atom is -0.497 e. The van der Waals surface area contributed by atoms with Crippen molar-refractivity contribution in [1.29, 1.82) is 0 Å². The molecular weight excluding hydrogens is 260 g/mol. The Morgan fingerprint density at radius 3 is 2.10 bits per heavy atom. The van der Waals surface area contributed by atoms with Gasteiger partial charge in [0.2, 0.25) is 0 Å². The molecule has 118 valence electrons. The molecule has 1 aromatic carbocycles. The molecule has 0 amide bonds. The Hall–Kier alpha value is -1.06. The Labute approximate surface area is 129 Å². The third-order valence-electron chi connectivity index (χ3n) is 5.18. The Morgan fingerprint density at radius 2 is 1.62 bits per heavy atom. The van der Waals surface area contributed by atoms with Gasteiger partial charge in [0, 0.05) is 6.04 Å². The third kappa shape index (κ3) is 3.24. The summed E-state index contributed by atoms with van der Waals surface area (Å²) in [7, 11) is 1.70. The number of piperidine rings is 1. The first-order valence-corrected chi connectivity index (χ1v) is 8.17. The molecule has 0 aliphatic carbocycles. The van der Waals surface area contributed by atoms with Crippen molar-refractivity contribution in [3.63, 3.8) is 0 Å². The molecule has 2 rings (SSSR count). The molecule has 0 spiro atoms. The van der Waals surface area contributed by atoms with Crippen molar-refractivity contribution in [2.24, 2.45) is 11.7 Å². The van der Waals surface area contributed by atoms with Crippen LogP contribution >= 0.6 is 0 Å².